The minimum atomic E-state index is -0.113. The molecule has 23 heavy (non-hydrogen) atoms. The average molecular weight is 305 g/mol. The van der Waals surface area contributed by atoms with Crippen LogP contribution < -0.4 is 5.32 Å². The Morgan fingerprint density at radius 1 is 1.09 bits per heavy atom. The Morgan fingerprint density at radius 2 is 1.96 bits per heavy atom. The van der Waals surface area contributed by atoms with Crippen LogP contribution in [0.3, 0.4) is 0 Å². The molecule has 2 aliphatic rings. The first kappa shape index (κ1) is 14.2. The summed E-state index contributed by atoms with van der Waals surface area (Å²) < 4.78 is 0. The van der Waals surface area contributed by atoms with Gasteiger partial charge in [0.25, 0.3) is 5.91 Å². The van der Waals surface area contributed by atoms with Crippen LogP contribution in [0.1, 0.15) is 68.6 Å². The third-order valence-electron chi connectivity index (χ3n) is 4.88. The van der Waals surface area contributed by atoms with E-state index in [0.29, 0.717) is 11.1 Å². The van der Waals surface area contributed by atoms with Crippen molar-refractivity contribution in [3.05, 3.63) is 70.3 Å². The Hall–Kier alpha value is -2.42. The van der Waals surface area contributed by atoms with E-state index in [-0.39, 0.29) is 11.9 Å². The molecule has 0 saturated heterocycles. The average Bonchev–Trinajstić information content (AvgIpc) is 3.37. The molecule has 0 aliphatic heterocycles. The van der Waals surface area contributed by atoms with Gasteiger partial charge < -0.3 is 5.32 Å². The number of rotatable bonds is 4. The van der Waals surface area contributed by atoms with Gasteiger partial charge >= 0.3 is 0 Å². The molecule has 0 spiro atoms. The topological polar surface area (TPSA) is 46.2 Å². The maximum Gasteiger partial charge on any atom is 0.251 e. The molecule has 2 aliphatic carbocycles. The van der Waals surface area contributed by atoms with Gasteiger partial charge in [0, 0.05) is 11.1 Å². The first-order valence-corrected chi connectivity index (χ1v) is 8.23. The molecule has 1 N–H and O–H groups in total. The first-order valence-electron chi connectivity index (χ1n) is 8.23. The second kappa shape index (κ2) is 5.65. The van der Waals surface area contributed by atoms with Crippen LogP contribution in [0.5, 0.6) is 0 Å². The van der Waals surface area contributed by atoms with E-state index in [4.69, 9.17) is 0 Å². The van der Waals surface area contributed by atoms with Gasteiger partial charge in [0.05, 0.1) is 6.04 Å². The number of hydrogen-bond donors (Lipinski definition) is 1. The molecule has 1 fully saturated rings. The van der Waals surface area contributed by atoms with Crippen molar-refractivity contribution in [1.29, 1.82) is 0 Å². The maximum atomic E-state index is 12.4. The van der Waals surface area contributed by atoms with Gasteiger partial charge in [-0.1, -0.05) is 30.3 Å². The molecule has 3 nitrogen and oxygen atoms in total. The van der Waals surface area contributed by atoms with E-state index in [2.05, 4.69) is 23.5 Å². The molecule has 4 rings (SSSR count). The third kappa shape index (κ3) is 2.79. The van der Waals surface area contributed by atoms with Gasteiger partial charge in [-0.3, -0.25) is 9.59 Å². The molecule has 116 valence electrons. The van der Waals surface area contributed by atoms with Crippen LogP contribution in [-0.4, -0.2) is 12.2 Å². The molecule has 2 aromatic carbocycles. The number of benzene rings is 2. The van der Waals surface area contributed by atoms with E-state index in [1.54, 1.807) is 24.3 Å². The maximum absolute atomic E-state index is 12.4. The van der Waals surface area contributed by atoms with Crippen molar-refractivity contribution >= 4 is 12.2 Å². The standard InChI is InChI=1S/C20H19NO2/c22-12-13-2-1-3-17(10-13)20(23)21-19-9-7-16-11-15(14-4-5-14)6-8-18(16)19/h1-3,6,8,10-12,14,19H,4-5,7,9H2,(H,21,23). The monoisotopic (exact) mass is 305 g/mol. The van der Waals surface area contributed by atoms with E-state index >= 15 is 0 Å². The van der Waals surface area contributed by atoms with Crippen LogP contribution in [0.25, 0.3) is 0 Å². The number of amides is 1. The van der Waals surface area contributed by atoms with Crippen LogP contribution in [0.4, 0.5) is 0 Å². The van der Waals surface area contributed by atoms with Crippen molar-refractivity contribution in [1.82, 2.24) is 5.32 Å². The zero-order chi connectivity index (χ0) is 15.8. The minimum absolute atomic E-state index is 0.0747. The summed E-state index contributed by atoms with van der Waals surface area (Å²) in [6.07, 6.45) is 5.36. The van der Waals surface area contributed by atoms with E-state index < -0.39 is 0 Å². The van der Waals surface area contributed by atoms with Crippen molar-refractivity contribution in [2.75, 3.05) is 0 Å². The Bertz CT molecular complexity index is 777. The highest BCUT2D eigenvalue weighted by atomic mass is 16.1. The largest absolute Gasteiger partial charge is 0.345 e. The summed E-state index contributed by atoms with van der Waals surface area (Å²) in [4.78, 5) is 23.3. The van der Waals surface area contributed by atoms with E-state index in [1.165, 1.54) is 29.5 Å². The Kier molecular flexibility index (Phi) is 3.49. The zero-order valence-corrected chi connectivity index (χ0v) is 12.9. The van der Waals surface area contributed by atoms with Crippen molar-refractivity contribution in [2.45, 2.75) is 37.6 Å². The molecule has 1 saturated carbocycles. The molecule has 0 radical (unpaired) electrons. The summed E-state index contributed by atoms with van der Waals surface area (Å²) >= 11 is 0. The van der Waals surface area contributed by atoms with Gasteiger partial charge in [0.1, 0.15) is 6.29 Å². The summed E-state index contributed by atoms with van der Waals surface area (Å²) in [7, 11) is 0. The van der Waals surface area contributed by atoms with E-state index in [1.807, 2.05) is 0 Å². The highest BCUT2D eigenvalue weighted by Gasteiger charge is 2.28. The number of hydrogen-bond acceptors (Lipinski definition) is 2. The molecule has 0 bridgehead atoms. The molecule has 2 aromatic rings. The van der Waals surface area contributed by atoms with Gasteiger partial charge in [0.15, 0.2) is 0 Å². The lowest BCUT2D eigenvalue weighted by Gasteiger charge is -2.15. The van der Waals surface area contributed by atoms with Gasteiger partial charge in [-0.15, -0.1) is 0 Å². The highest BCUT2D eigenvalue weighted by Crippen LogP contribution is 2.42. The van der Waals surface area contributed by atoms with Crippen molar-refractivity contribution in [2.24, 2.45) is 0 Å². The second-order valence-electron chi connectivity index (χ2n) is 6.54. The molecular formula is C20H19NO2. The lowest BCUT2D eigenvalue weighted by Crippen LogP contribution is -2.27. The van der Waals surface area contributed by atoms with Gasteiger partial charge in [0.2, 0.25) is 0 Å². The molecule has 0 heterocycles. The van der Waals surface area contributed by atoms with Crippen LogP contribution >= 0.6 is 0 Å². The normalized spacial score (nSPS) is 19.2. The zero-order valence-electron chi connectivity index (χ0n) is 12.9. The fourth-order valence-corrected chi connectivity index (χ4v) is 3.45. The predicted octanol–water partition coefficient (Wildman–Crippen LogP) is 3.79. The molecule has 1 amide bonds. The lowest BCUT2D eigenvalue weighted by molar-refractivity contribution is 0.0936. The van der Waals surface area contributed by atoms with Crippen LogP contribution in [0.15, 0.2) is 42.5 Å². The summed E-state index contributed by atoms with van der Waals surface area (Å²) in [6.45, 7) is 0. The van der Waals surface area contributed by atoms with Crippen molar-refractivity contribution < 1.29 is 9.59 Å². The van der Waals surface area contributed by atoms with Crippen LogP contribution in [0, 0.1) is 0 Å². The Labute approximate surface area is 135 Å². The number of carbonyl (C=O) groups excluding carboxylic acids is 2. The number of aldehydes is 1. The fraction of sp³-hybridized carbons (Fsp3) is 0.300. The molecule has 1 unspecified atom stereocenters. The first-order chi connectivity index (χ1) is 11.2. The minimum Gasteiger partial charge on any atom is -0.345 e. The van der Waals surface area contributed by atoms with Gasteiger partial charge in [-0.2, -0.15) is 0 Å². The van der Waals surface area contributed by atoms with Crippen molar-refractivity contribution in [3.63, 3.8) is 0 Å². The Balaban J connectivity index is 1.52. The molecular weight excluding hydrogens is 286 g/mol. The summed E-state index contributed by atoms with van der Waals surface area (Å²) in [6, 6.07) is 13.6. The van der Waals surface area contributed by atoms with E-state index in [0.717, 1.165) is 25.0 Å². The number of nitrogens with one attached hydrogen (secondary N) is 1. The molecule has 1 atom stereocenters. The lowest BCUT2D eigenvalue weighted by atomic mass is 10.0. The number of carbonyl (C=O) groups is 2. The molecule has 0 aromatic heterocycles. The Morgan fingerprint density at radius 3 is 2.74 bits per heavy atom. The smallest absolute Gasteiger partial charge is 0.251 e. The summed E-state index contributed by atoms with van der Waals surface area (Å²) in [5.74, 6) is 0.651. The number of aryl methyl sites for hydroxylation is 1. The second-order valence-corrected chi connectivity index (χ2v) is 6.54. The van der Waals surface area contributed by atoms with Crippen molar-refractivity contribution in [3.8, 4) is 0 Å². The summed E-state index contributed by atoms with van der Waals surface area (Å²) in [5.41, 5.74) is 5.14. The van der Waals surface area contributed by atoms with E-state index in [9.17, 15) is 9.59 Å². The van der Waals surface area contributed by atoms with Crippen LogP contribution in [0.2, 0.25) is 0 Å². The third-order valence-corrected chi connectivity index (χ3v) is 4.88. The SMILES string of the molecule is O=Cc1cccc(C(=O)NC2CCc3cc(C4CC4)ccc32)c1. The summed E-state index contributed by atoms with van der Waals surface area (Å²) in [5, 5.41) is 3.11. The van der Waals surface area contributed by atoms with Gasteiger partial charge in [-0.05, 0) is 60.4 Å². The quantitative estimate of drug-likeness (QED) is 0.873. The predicted molar refractivity (Wildman–Crippen MR) is 88.8 cm³/mol. The number of fused-ring (bicyclic) bond motifs is 1. The van der Waals surface area contributed by atoms with Crippen LogP contribution in [-0.2, 0) is 6.42 Å². The molecule has 3 heteroatoms. The highest BCUT2D eigenvalue weighted by molar-refractivity contribution is 5.96. The fourth-order valence-electron chi connectivity index (χ4n) is 3.45. The van der Waals surface area contributed by atoms with Gasteiger partial charge in [-0.25, -0.2) is 0 Å².